The van der Waals surface area contributed by atoms with Crippen LogP contribution in [0.2, 0.25) is 0 Å². The topological polar surface area (TPSA) is 54.5 Å². The molecule has 0 aliphatic carbocycles. The third-order valence-corrected chi connectivity index (χ3v) is 5.99. The molecule has 1 atom stereocenters. The fraction of sp³-hybridized carbons (Fsp3) is 0.308. The van der Waals surface area contributed by atoms with E-state index in [2.05, 4.69) is 33.4 Å². The lowest BCUT2D eigenvalue weighted by Crippen LogP contribution is -2.54. The van der Waals surface area contributed by atoms with Gasteiger partial charge in [-0.05, 0) is 43.1 Å². The number of ether oxygens (including phenoxy) is 1. The molecule has 1 fully saturated rings. The van der Waals surface area contributed by atoms with Crippen molar-refractivity contribution in [3.05, 3.63) is 95.8 Å². The third-order valence-electron chi connectivity index (χ3n) is 5.99. The van der Waals surface area contributed by atoms with Crippen molar-refractivity contribution in [2.45, 2.75) is 31.4 Å². The van der Waals surface area contributed by atoms with Crippen molar-refractivity contribution in [2.24, 2.45) is 0 Å². The number of carbonyl (C=O) groups is 1. The summed E-state index contributed by atoms with van der Waals surface area (Å²) in [6, 6.07) is 24.2. The molecule has 0 radical (unpaired) electrons. The number of rotatable bonds is 7. The van der Waals surface area contributed by atoms with Crippen molar-refractivity contribution in [3.8, 4) is 5.75 Å². The van der Waals surface area contributed by atoms with E-state index in [1.165, 1.54) is 0 Å². The van der Waals surface area contributed by atoms with Crippen LogP contribution in [0.4, 0.5) is 0 Å². The Bertz CT molecular complexity index is 994. The standard InChI is InChI=1S/C26H29N3O2/c1-27-25(30)26(24-14-7-8-16-28-24)15-9-17-29(20-26)18-22-12-5-6-13-23(22)31-19-21-10-3-2-4-11-21/h2-8,10-14,16H,9,15,17-20H2,1H3,(H,27,30)/t26-/m1/s1. The van der Waals surface area contributed by atoms with Crippen molar-refractivity contribution in [2.75, 3.05) is 20.1 Å². The normalized spacial score (nSPS) is 19.0. The van der Waals surface area contributed by atoms with Gasteiger partial charge in [0.15, 0.2) is 0 Å². The van der Waals surface area contributed by atoms with Gasteiger partial charge in [0.1, 0.15) is 17.8 Å². The lowest BCUT2D eigenvalue weighted by atomic mass is 9.75. The molecule has 1 N–H and O–H groups in total. The molecule has 4 rings (SSSR count). The van der Waals surface area contributed by atoms with Crippen LogP contribution in [0.3, 0.4) is 0 Å². The van der Waals surface area contributed by atoms with Crippen molar-refractivity contribution in [1.29, 1.82) is 0 Å². The van der Waals surface area contributed by atoms with E-state index in [1.807, 2.05) is 54.6 Å². The number of benzene rings is 2. The first-order valence-electron chi connectivity index (χ1n) is 10.8. The lowest BCUT2D eigenvalue weighted by molar-refractivity contribution is -0.128. The first kappa shape index (κ1) is 21.1. The largest absolute Gasteiger partial charge is 0.489 e. The highest BCUT2D eigenvalue weighted by molar-refractivity contribution is 5.88. The number of nitrogens with one attached hydrogen (secondary N) is 1. The highest BCUT2D eigenvalue weighted by Crippen LogP contribution is 2.34. The summed E-state index contributed by atoms with van der Waals surface area (Å²) in [5, 5.41) is 2.88. The van der Waals surface area contributed by atoms with Gasteiger partial charge in [-0.25, -0.2) is 0 Å². The van der Waals surface area contributed by atoms with Gasteiger partial charge in [0, 0.05) is 31.9 Å². The molecule has 1 saturated heterocycles. The van der Waals surface area contributed by atoms with E-state index in [9.17, 15) is 4.79 Å². The SMILES string of the molecule is CNC(=O)[C@]1(c2ccccn2)CCCN(Cc2ccccc2OCc2ccccc2)C1. The average molecular weight is 416 g/mol. The molecule has 0 saturated carbocycles. The van der Waals surface area contributed by atoms with Gasteiger partial charge in [-0.1, -0.05) is 54.6 Å². The Labute approximate surface area is 184 Å². The summed E-state index contributed by atoms with van der Waals surface area (Å²) in [6.45, 7) is 2.85. The van der Waals surface area contributed by atoms with E-state index in [-0.39, 0.29) is 5.91 Å². The van der Waals surface area contributed by atoms with Gasteiger partial charge in [0.25, 0.3) is 0 Å². The Hall–Kier alpha value is -3.18. The lowest BCUT2D eigenvalue weighted by Gasteiger charge is -2.41. The summed E-state index contributed by atoms with van der Waals surface area (Å²) in [5.41, 5.74) is 2.48. The predicted octanol–water partition coefficient (Wildman–Crippen LogP) is 3.94. The molecule has 160 valence electrons. The molecule has 5 nitrogen and oxygen atoms in total. The maximum absolute atomic E-state index is 13.0. The fourth-order valence-corrected chi connectivity index (χ4v) is 4.43. The molecular weight excluding hydrogens is 386 g/mol. The Balaban J connectivity index is 1.52. The van der Waals surface area contributed by atoms with E-state index < -0.39 is 5.41 Å². The smallest absolute Gasteiger partial charge is 0.233 e. The van der Waals surface area contributed by atoms with Crippen LogP contribution in [0, 0.1) is 0 Å². The van der Waals surface area contributed by atoms with Crippen LogP contribution in [0.5, 0.6) is 5.75 Å². The van der Waals surface area contributed by atoms with Gasteiger partial charge in [0.05, 0.1) is 5.69 Å². The average Bonchev–Trinajstić information content (AvgIpc) is 2.84. The molecular formula is C26H29N3O2. The van der Waals surface area contributed by atoms with E-state index in [1.54, 1.807) is 13.2 Å². The van der Waals surface area contributed by atoms with Crippen LogP contribution in [0.25, 0.3) is 0 Å². The van der Waals surface area contributed by atoms with Gasteiger partial charge < -0.3 is 10.1 Å². The zero-order valence-corrected chi connectivity index (χ0v) is 18.0. The third kappa shape index (κ3) is 4.78. The fourth-order valence-electron chi connectivity index (χ4n) is 4.43. The maximum Gasteiger partial charge on any atom is 0.233 e. The number of para-hydroxylation sites is 1. The second-order valence-electron chi connectivity index (χ2n) is 8.07. The quantitative estimate of drug-likeness (QED) is 0.635. The number of pyridine rings is 1. The minimum Gasteiger partial charge on any atom is -0.489 e. The summed E-state index contributed by atoms with van der Waals surface area (Å²) >= 11 is 0. The number of piperidine rings is 1. The number of amides is 1. The Morgan fingerprint density at radius 1 is 1.06 bits per heavy atom. The number of nitrogens with zero attached hydrogens (tertiary/aromatic N) is 2. The second-order valence-corrected chi connectivity index (χ2v) is 8.07. The van der Waals surface area contributed by atoms with Crippen molar-refractivity contribution in [1.82, 2.24) is 15.2 Å². The van der Waals surface area contributed by atoms with Crippen LogP contribution in [-0.2, 0) is 23.4 Å². The van der Waals surface area contributed by atoms with Gasteiger partial charge in [-0.15, -0.1) is 0 Å². The van der Waals surface area contributed by atoms with Crippen molar-refractivity contribution >= 4 is 5.91 Å². The number of hydrogen-bond donors (Lipinski definition) is 1. The van der Waals surface area contributed by atoms with Crippen LogP contribution in [0.15, 0.2) is 79.0 Å². The molecule has 0 spiro atoms. The molecule has 1 aliphatic rings. The van der Waals surface area contributed by atoms with E-state index in [0.29, 0.717) is 13.2 Å². The number of hydrogen-bond acceptors (Lipinski definition) is 4. The monoisotopic (exact) mass is 415 g/mol. The molecule has 5 heteroatoms. The first-order chi connectivity index (χ1) is 15.2. The van der Waals surface area contributed by atoms with Crippen molar-refractivity contribution in [3.63, 3.8) is 0 Å². The van der Waals surface area contributed by atoms with E-state index >= 15 is 0 Å². The molecule has 1 aromatic heterocycles. The predicted molar refractivity (Wildman–Crippen MR) is 122 cm³/mol. The van der Waals surface area contributed by atoms with E-state index in [4.69, 9.17) is 4.74 Å². The number of aromatic nitrogens is 1. The molecule has 0 unspecified atom stereocenters. The van der Waals surface area contributed by atoms with Crippen LogP contribution < -0.4 is 10.1 Å². The Morgan fingerprint density at radius 2 is 1.84 bits per heavy atom. The van der Waals surface area contributed by atoms with E-state index in [0.717, 1.165) is 48.5 Å². The van der Waals surface area contributed by atoms with Gasteiger partial charge in [-0.2, -0.15) is 0 Å². The first-order valence-corrected chi connectivity index (χ1v) is 10.8. The molecule has 0 bridgehead atoms. The minimum atomic E-state index is -0.631. The number of likely N-dealkylation sites (tertiary alicyclic amines) is 1. The summed E-state index contributed by atoms with van der Waals surface area (Å²) in [6.07, 6.45) is 3.51. The Morgan fingerprint density at radius 3 is 2.61 bits per heavy atom. The molecule has 1 amide bonds. The summed E-state index contributed by atoms with van der Waals surface area (Å²) in [4.78, 5) is 19.9. The number of likely N-dealkylation sites (N-methyl/N-ethyl adjacent to an activating group) is 1. The van der Waals surface area contributed by atoms with Crippen molar-refractivity contribution < 1.29 is 9.53 Å². The highest BCUT2D eigenvalue weighted by Gasteiger charge is 2.44. The van der Waals surface area contributed by atoms with Crippen LogP contribution in [-0.4, -0.2) is 35.9 Å². The Kier molecular flexibility index (Phi) is 6.63. The van der Waals surface area contributed by atoms with Gasteiger partial charge >= 0.3 is 0 Å². The molecule has 2 aromatic carbocycles. The zero-order chi connectivity index (χ0) is 21.5. The molecule has 2 heterocycles. The molecule has 31 heavy (non-hydrogen) atoms. The summed E-state index contributed by atoms with van der Waals surface area (Å²) < 4.78 is 6.15. The zero-order valence-electron chi connectivity index (χ0n) is 18.0. The van der Waals surface area contributed by atoms with Gasteiger partial charge in [-0.3, -0.25) is 14.7 Å². The summed E-state index contributed by atoms with van der Waals surface area (Å²) in [7, 11) is 1.71. The maximum atomic E-state index is 13.0. The van der Waals surface area contributed by atoms with Crippen LogP contribution in [0.1, 0.15) is 29.7 Å². The second kappa shape index (κ2) is 9.75. The number of carbonyl (C=O) groups excluding carboxylic acids is 1. The van der Waals surface area contributed by atoms with Gasteiger partial charge in [0.2, 0.25) is 5.91 Å². The summed E-state index contributed by atoms with van der Waals surface area (Å²) in [5.74, 6) is 0.921. The molecule has 1 aliphatic heterocycles. The van der Waals surface area contributed by atoms with Crippen LogP contribution >= 0.6 is 0 Å². The molecule has 3 aromatic rings. The minimum absolute atomic E-state index is 0.0320. The highest BCUT2D eigenvalue weighted by atomic mass is 16.5.